The number of rotatable bonds is 3. The Morgan fingerprint density at radius 1 is 1.31 bits per heavy atom. The number of ether oxygens (including phenoxy) is 3. The van der Waals surface area contributed by atoms with Crippen molar-refractivity contribution in [2.75, 3.05) is 25.6 Å². The van der Waals surface area contributed by atoms with Gasteiger partial charge in [-0.3, -0.25) is 0 Å². The van der Waals surface area contributed by atoms with Crippen LogP contribution in [0.2, 0.25) is 0 Å². The van der Waals surface area contributed by atoms with E-state index in [1.807, 2.05) is 19.9 Å². The molecule has 0 amide bonds. The van der Waals surface area contributed by atoms with Gasteiger partial charge >= 0.3 is 5.97 Å². The summed E-state index contributed by atoms with van der Waals surface area (Å²) in [5.41, 5.74) is 3.41. The molecular weight excluding hydrogens is 368 g/mol. The number of hydrogen-bond acceptors (Lipinski definition) is 6. The number of carbonyl (C=O) groups is 1. The van der Waals surface area contributed by atoms with Gasteiger partial charge in [0.2, 0.25) is 0 Å². The van der Waals surface area contributed by atoms with Gasteiger partial charge in [0, 0.05) is 23.3 Å². The lowest BCUT2D eigenvalue weighted by Crippen LogP contribution is -2.59. The monoisotopic (exact) mass is 398 g/mol. The Hall–Kier alpha value is -1.89. The average molecular weight is 399 g/mol. The quantitative estimate of drug-likeness (QED) is 0.763. The Balaban J connectivity index is 1.70. The van der Waals surface area contributed by atoms with Gasteiger partial charge in [-0.25, -0.2) is 4.79 Å². The maximum atomic E-state index is 12.9. The third-order valence-corrected chi connectivity index (χ3v) is 7.48. The second-order valence-corrected chi connectivity index (χ2v) is 9.19. The van der Waals surface area contributed by atoms with Gasteiger partial charge in [-0.15, -0.1) is 0 Å². The lowest BCUT2D eigenvalue weighted by molar-refractivity contribution is -0.178. The Bertz CT molecular complexity index is 895. The molecule has 1 aromatic rings. The van der Waals surface area contributed by atoms with Crippen LogP contribution in [0.25, 0.3) is 0 Å². The first-order valence-electron chi connectivity index (χ1n) is 10.6. The molecule has 2 saturated heterocycles. The van der Waals surface area contributed by atoms with Crippen LogP contribution >= 0.6 is 0 Å². The third-order valence-electron chi connectivity index (χ3n) is 7.48. The van der Waals surface area contributed by atoms with Gasteiger partial charge in [0.25, 0.3) is 0 Å². The summed E-state index contributed by atoms with van der Waals surface area (Å²) in [6.45, 7) is 7.54. The zero-order valence-electron chi connectivity index (χ0n) is 17.6. The fourth-order valence-electron chi connectivity index (χ4n) is 6.23. The largest absolute Gasteiger partial charge is 0.466 e. The lowest BCUT2D eigenvalue weighted by Gasteiger charge is -2.48. The number of anilines is 1. The molecule has 2 N–H and O–H groups in total. The molecule has 1 aliphatic carbocycles. The number of carbonyl (C=O) groups excluding carboxylic acids is 1. The molecular formula is C23H30N2O4. The van der Waals surface area contributed by atoms with Gasteiger partial charge in [0.15, 0.2) is 5.79 Å². The van der Waals surface area contributed by atoms with E-state index in [0.717, 1.165) is 36.3 Å². The minimum Gasteiger partial charge on any atom is -0.466 e. The molecule has 4 aliphatic rings. The molecule has 6 nitrogen and oxygen atoms in total. The zero-order chi connectivity index (χ0) is 20.4. The molecule has 1 spiro atoms. The van der Waals surface area contributed by atoms with Gasteiger partial charge < -0.3 is 24.8 Å². The van der Waals surface area contributed by atoms with Crippen molar-refractivity contribution >= 4 is 11.7 Å². The molecule has 0 radical (unpaired) electrons. The lowest BCUT2D eigenvalue weighted by atomic mass is 9.59. The van der Waals surface area contributed by atoms with Crippen molar-refractivity contribution in [1.29, 1.82) is 0 Å². The molecule has 3 heterocycles. The summed E-state index contributed by atoms with van der Waals surface area (Å²) < 4.78 is 17.9. The topological polar surface area (TPSA) is 68.8 Å². The highest BCUT2D eigenvalue weighted by molar-refractivity contribution is 5.93. The Labute approximate surface area is 172 Å². The van der Waals surface area contributed by atoms with Crippen molar-refractivity contribution in [3.8, 4) is 0 Å². The number of nitrogens with one attached hydrogen (secondary N) is 2. The molecule has 1 aromatic carbocycles. The number of esters is 1. The zero-order valence-corrected chi connectivity index (χ0v) is 17.6. The van der Waals surface area contributed by atoms with Crippen molar-refractivity contribution in [1.82, 2.24) is 5.32 Å². The minimum absolute atomic E-state index is 0.0996. The summed E-state index contributed by atoms with van der Waals surface area (Å²) in [5.74, 6) is -0.773. The van der Waals surface area contributed by atoms with Crippen LogP contribution in [-0.4, -0.2) is 43.7 Å². The third kappa shape index (κ3) is 2.49. The average Bonchev–Trinajstić information content (AvgIpc) is 3.39. The highest BCUT2D eigenvalue weighted by atomic mass is 16.8. The van der Waals surface area contributed by atoms with Crippen LogP contribution in [0.4, 0.5) is 5.69 Å². The molecule has 0 bridgehead atoms. The Morgan fingerprint density at radius 3 is 2.79 bits per heavy atom. The van der Waals surface area contributed by atoms with Gasteiger partial charge in [-0.1, -0.05) is 25.1 Å². The van der Waals surface area contributed by atoms with Crippen LogP contribution in [-0.2, 0) is 24.4 Å². The molecule has 29 heavy (non-hydrogen) atoms. The molecule has 2 fully saturated rings. The second-order valence-electron chi connectivity index (χ2n) is 9.19. The first-order chi connectivity index (χ1) is 13.9. The van der Waals surface area contributed by atoms with E-state index in [2.05, 4.69) is 35.8 Å². The number of benzene rings is 1. The van der Waals surface area contributed by atoms with Crippen LogP contribution in [0, 0.1) is 5.92 Å². The summed E-state index contributed by atoms with van der Waals surface area (Å²) >= 11 is 0. The standard InChI is InChI=1S/C23H30N2O4/c1-5-22(13-28-21(2,3)29-22)16-12-14(20(26)27-4)18-23(10-11-24-19(16)23)15-8-6-7-9-17(15)25-18/h6-9,16,19,24-25H,5,10-13H2,1-4H3/t16-,19+,22+,23+/m0/s1. The van der Waals surface area contributed by atoms with Gasteiger partial charge in [0.05, 0.1) is 30.3 Å². The summed E-state index contributed by atoms with van der Waals surface area (Å²) in [7, 11) is 1.46. The summed E-state index contributed by atoms with van der Waals surface area (Å²) in [6, 6.07) is 8.59. The normalized spacial score (nSPS) is 37.0. The predicted octanol–water partition coefficient (Wildman–Crippen LogP) is 3.09. The van der Waals surface area contributed by atoms with Crippen molar-refractivity contribution in [3.05, 3.63) is 41.1 Å². The highest BCUT2D eigenvalue weighted by Crippen LogP contribution is 2.59. The van der Waals surface area contributed by atoms with Gasteiger partial charge in [-0.05, 0) is 51.3 Å². The van der Waals surface area contributed by atoms with E-state index >= 15 is 0 Å². The van der Waals surface area contributed by atoms with Crippen molar-refractivity contribution in [2.24, 2.45) is 5.92 Å². The summed E-state index contributed by atoms with van der Waals surface area (Å²) in [6.07, 6.45) is 2.38. The predicted molar refractivity (Wildman–Crippen MR) is 109 cm³/mol. The molecule has 0 unspecified atom stereocenters. The van der Waals surface area contributed by atoms with Crippen LogP contribution < -0.4 is 10.6 Å². The molecule has 6 heteroatoms. The molecule has 4 atom stereocenters. The highest BCUT2D eigenvalue weighted by Gasteiger charge is 2.64. The van der Waals surface area contributed by atoms with E-state index in [1.54, 1.807) is 0 Å². The number of methoxy groups -OCH3 is 1. The van der Waals surface area contributed by atoms with Gasteiger partial charge in [-0.2, -0.15) is 0 Å². The smallest absolute Gasteiger partial charge is 0.335 e. The first-order valence-corrected chi connectivity index (χ1v) is 10.6. The van der Waals surface area contributed by atoms with E-state index in [0.29, 0.717) is 13.0 Å². The summed E-state index contributed by atoms with van der Waals surface area (Å²) in [5, 5.41) is 7.38. The van der Waals surface area contributed by atoms with E-state index < -0.39 is 11.4 Å². The molecule has 3 aliphatic heterocycles. The fraction of sp³-hybridized carbons (Fsp3) is 0.609. The van der Waals surface area contributed by atoms with Crippen LogP contribution in [0.3, 0.4) is 0 Å². The van der Waals surface area contributed by atoms with Crippen molar-refractivity contribution < 1.29 is 19.0 Å². The van der Waals surface area contributed by atoms with Crippen molar-refractivity contribution in [3.63, 3.8) is 0 Å². The molecule has 156 valence electrons. The molecule has 0 aromatic heterocycles. The maximum Gasteiger partial charge on any atom is 0.335 e. The van der Waals surface area contributed by atoms with E-state index in [9.17, 15) is 4.79 Å². The van der Waals surface area contributed by atoms with Crippen molar-refractivity contribution in [2.45, 2.75) is 62.9 Å². The fourth-order valence-corrected chi connectivity index (χ4v) is 6.23. The maximum absolute atomic E-state index is 12.9. The minimum atomic E-state index is -0.622. The van der Waals surface area contributed by atoms with E-state index in [1.165, 1.54) is 12.7 Å². The molecule has 0 saturated carbocycles. The number of para-hydroxylation sites is 1. The second kappa shape index (κ2) is 6.30. The van der Waals surface area contributed by atoms with Crippen LogP contribution in [0.1, 0.15) is 45.6 Å². The Kier molecular flexibility index (Phi) is 4.15. The first kappa shape index (κ1) is 19.1. The van der Waals surface area contributed by atoms with Crippen LogP contribution in [0.5, 0.6) is 0 Å². The number of hydrogen-bond donors (Lipinski definition) is 2. The summed E-state index contributed by atoms with van der Waals surface area (Å²) in [4.78, 5) is 12.9. The number of fused-ring (bicyclic) bond motifs is 1. The van der Waals surface area contributed by atoms with E-state index in [4.69, 9.17) is 14.2 Å². The van der Waals surface area contributed by atoms with E-state index in [-0.39, 0.29) is 23.3 Å². The molecule has 5 rings (SSSR count). The SMILES string of the molecule is CC[C@]1([C@H]2CC(C(=O)OC)=C3Nc4ccccc4[C@]34CCN[C@H]24)COC(C)(C)O1. The van der Waals surface area contributed by atoms with Crippen LogP contribution in [0.15, 0.2) is 35.5 Å². The van der Waals surface area contributed by atoms with Gasteiger partial charge in [0.1, 0.15) is 0 Å². The Morgan fingerprint density at radius 2 is 2.10 bits per heavy atom.